The minimum atomic E-state index is -0.925. The predicted octanol–water partition coefficient (Wildman–Crippen LogP) is 3.73. The molecule has 1 unspecified atom stereocenters. The molecule has 2 rings (SSSR count). The van der Waals surface area contributed by atoms with Crippen molar-refractivity contribution in [3.05, 3.63) is 30.1 Å². The van der Waals surface area contributed by atoms with Crippen LogP contribution in [0.5, 0.6) is 0 Å². The van der Waals surface area contributed by atoms with E-state index in [4.69, 9.17) is 5.11 Å². The Balaban J connectivity index is 2.35. The largest absolute Gasteiger partial charge is 0.478 e. The van der Waals surface area contributed by atoms with Crippen LogP contribution in [0.15, 0.2) is 24.5 Å². The monoisotopic (exact) mass is 260 g/mol. The fraction of sp³-hybridized carbons (Fsp3) is 0.467. The topological polar surface area (TPSA) is 55.1 Å². The molecule has 0 aliphatic heterocycles. The number of para-hydroxylation sites is 1. The van der Waals surface area contributed by atoms with Gasteiger partial charge < -0.3 is 9.67 Å². The molecule has 0 bridgehead atoms. The number of nitrogens with zero attached hydrogens (tertiary/aromatic N) is 2. The summed E-state index contributed by atoms with van der Waals surface area (Å²) < 4.78 is 2.07. The lowest BCUT2D eigenvalue weighted by molar-refractivity contribution is 0.0699. The van der Waals surface area contributed by atoms with Gasteiger partial charge in [0.15, 0.2) is 0 Å². The average Bonchev–Trinajstić information content (AvgIpc) is 2.79. The molecule has 1 aromatic carbocycles. The summed E-state index contributed by atoms with van der Waals surface area (Å²) in [5.41, 5.74) is 1.75. The van der Waals surface area contributed by atoms with Crippen LogP contribution in [0.1, 0.15) is 50.0 Å². The number of carboxylic acids is 1. The van der Waals surface area contributed by atoms with Gasteiger partial charge in [-0.05, 0) is 37.8 Å². The molecule has 0 saturated carbocycles. The summed E-state index contributed by atoms with van der Waals surface area (Å²) in [5, 5.41) is 9.16. The van der Waals surface area contributed by atoms with Crippen LogP contribution in [-0.4, -0.2) is 20.6 Å². The number of rotatable bonds is 5. The van der Waals surface area contributed by atoms with Crippen molar-refractivity contribution in [1.82, 2.24) is 9.55 Å². The minimum absolute atomic E-state index is 0.271. The third kappa shape index (κ3) is 2.78. The van der Waals surface area contributed by atoms with Crippen molar-refractivity contribution in [3.63, 3.8) is 0 Å². The molecule has 1 atom stereocenters. The van der Waals surface area contributed by atoms with Gasteiger partial charge in [-0.2, -0.15) is 0 Å². The van der Waals surface area contributed by atoms with Crippen molar-refractivity contribution in [2.75, 3.05) is 0 Å². The van der Waals surface area contributed by atoms with Crippen LogP contribution in [0.25, 0.3) is 11.0 Å². The average molecular weight is 260 g/mol. The van der Waals surface area contributed by atoms with Gasteiger partial charge in [0.1, 0.15) is 5.52 Å². The Bertz CT molecular complexity index is 587. The van der Waals surface area contributed by atoms with E-state index in [1.807, 2.05) is 6.07 Å². The molecule has 19 heavy (non-hydrogen) atoms. The van der Waals surface area contributed by atoms with Gasteiger partial charge >= 0.3 is 5.97 Å². The highest BCUT2D eigenvalue weighted by Gasteiger charge is 2.15. The van der Waals surface area contributed by atoms with Crippen molar-refractivity contribution in [3.8, 4) is 0 Å². The summed E-state index contributed by atoms with van der Waals surface area (Å²) in [4.78, 5) is 15.4. The lowest BCUT2D eigenvalue weighted by atomic mass is 10.0. The number of aromatic carboxylic acids is 1. The maximum absolute atomic E-state index is 11.2. The molecule has 102 valence electrons. The van der Waals surface area contributed by atoms with Crippen LogP contribution in [0, 0.1) is 5.92 Å². The molecule has 4 heteroatoms. The lowest BCUT2D eigenvalue weighted by Gasteiger charge is -2.15. The maximum atomic E-state index is 11.2. The van der Waals surface area contributed by atoms with E-state index in [-0.39, 0.29) is 5.56 Å². The van der Waals surface area contributed by atoms with Gasteiger partial charge in [-0.25, -0.2) is 9.78 Å². The van der Waals surface area contributed by atoms with Crippen LogP contribution in [0.2, 0.25) is 0 Å². The third-order valence-electron chi connectivity index (χ3n) is 3.47. The molecular weight excluding hydrogens is 240 g/mol. The fourth-order valence-corrected chi connectivity index (χ4v) is 2.29. The van der Waals surface area contributed by atoms with E-state index < -0.39 is 5.97 Å². The number of imidazole rings is 1. The van der Waals surface area contributed by atoms with Crippen LogP contribution in [0.3, 0.4) is 0 Å². The van der Waals surface area contributed by atoms with Crippen LogP contribution in [0.4, 0.5) is 0 Å². The smallest absolute Gasteiger partial charge is 0.337 e. The van der Waals surface area contributed by atoms with E-state index >= 15 is 0 Å². The maximum Gasteiger partial charge on any atom is 0.337 e. The van der Waals surface area contributed by atoms with E-state index in [0.717, 1.165) is 18.4 Å². The van der Waals surface area contributed by atoms with Crippen molar-refractivity contribution < 1.29 is 9.90 Å². The van der Waals surface area contributed by atoms with Crippen molar-refractivity contribution in [2.24, 2.45) is 5.92 Å². The highest BCUT2D eigenvalue weighted by Crippen LogP contribution is 2.24. The van der Waals surface area contributed by atoms with Crippen molar-refractivity contribution in [1.29, 1.82) is 0 Å². The normalized spacial score (nSPS) is 13.1. The van der Waals surface area contributed by atoms with Gasteiger partial charge in [0.2, 0.25) is 0 Å². The summed E-state index contributed by atoms with van der Waals surface area (Å²) in [6.07, 6.45) is 3.97. The van der Waals surface area contributed by atoms with Gasteiger partial charge in [-0.1, -0.05) is 19.9 Å². The summed E-state index contributed by atoms with van der Waals surface area (Å²) >= 11 is 0. The van der Waals surface area contributed by atoms with Gasteiger partial charge in [0.25, 0.3) is 0 Å². The molecule has 0 amide bonds. The van der Waals surface area contributed by atoms with Crippen LogP contribution < -0.4 is 0 Å². The number of hydrogen-bond acceptors (Lipinski definition) is 2. The zero-order chi connectivity index (χ0) is 14.0. The van der Waals surface area contributed by atoms with E-state index in [2.05, 4.69) is 30.3 Å². The Kier molecular flexibility index (Phi) is 3.88. The predicted molar refractivity (Wildman–Crippen MR) is 75.5 cm³/mol. The quantitative estimate of drug-likeness (QED) is 0.891. The second-order valence-electron chi connectivity index (χ2n) is 5.45. The Labute approximate surface area is 113 Å². The second kappa shape index (κ2) is 5.43. The molecule has 1 N–H and O–H groups in total. The van der Waals surface area contributed by atoms with Crippen molar-refractivity contribution in [2.45, 2.75) is 39.7 Å². The van der Waals surface area contributed by atoms with E-state index in [9.17, 15) is 4.79 Å². The van der Waals surface area contributed by atoms with E-state index in [0.29, 0.717) is 17.5 Å². The molecule has 1 heterocycles. The Hall–Kier alpha value is -1.84. The van der Waals surface area contributed by atoms with Crippen molar-refractivity contribution >= 4 is 17.0 Å². The molecule has 0 aliphatic rings. The molecule has 2 aromatic rings. The number of aromatic nitrogens is 2. The number of hydrogen-bond donors (Lipinski definition) is 1. The SMILES string of the molecule is CC(C)CCC(C)n1cnc2c(C(=O)O)cccc21. The van der Waals surface area contributed by atoms with Gasteiger partial charge in [-0.15, -0.1) is 0 Å². The highest BCUT2D eigenvalue weighted by molar-refractivity contribution is 6.00. The minimum Gasteiger partial charge on any atom is -0.478 e. The summed E-state index contributed by atoms with van der Waals surface area (Å²) in [7, 11) is 0. The zero-order valence-corrected chi connectivity index (χ0v) is 11.6. The van der Waals surface area contributed by atoms with E-state index in [1.165, 1.54) is 0 Å². The fourth-order valence-electron chi connectivity index (χ4n) is 2.29. The summed E-state index contributed by atoms with van der Waals surface area (Å²) in [5.74, 6) is -0.252. The Morgan fingerprint density at radius 1 is 1.32 bits per heavy atom. The first-order chi connectivity index (χ1) is 9.00. The molecule has 4 nitrogen and oxygen atoms in total. The van der Waals surface area contributed by atoms with Gasteiger partial charge in [0.05, 0.1) is 17.4 Å². The first kappa shape index (κ1) is 13.6. The van der Waals surface area contributed by atoms with Gasteiger partial charge in [-0.3, -0.25) is 0 Å². The third-order valence-corrected chi connectivity index (χ3v) is 3.47. The zero-order valence-electron chi connectivity index (χ0n) is 11.6. The molecule has 0 radical (unpaired) electrons. The number of carboxylic acid groups (broad SMARTS) is 1. The van der Waals surface area contributed by atoms with E-state index in [1.54, 1.807) is 18.5 Å². The first-order valence-electron chi connectivity index (χ1n) is 6.69. The number of fused-ring (bicyclic) bond motifs is 1. The molecule has 0 fully saturated rings. The molecule has 1 aromatic heterocycles. The highest BCUT2D eigenvalue weighted by atomic mass is 16.4. The summed E-state index contributed by atoms with van der Waals surface area (Å²) in [6, 6.07) is 5.64. The molecular formula is C15H20N2O2. The standard InChI is InChI=1S/C15H20N2O2/c1-10(2)7-8-11(3)17-9-16-14-12(15(18)19)5-4-6-13(14)17/h4-6,9-11H,7-8H2,1-3H3,(H,18,19). The second-order valence-corrected chi connectivity index (χ2v) is 5.45. The summed E-state index contributed by atoms with van der Waals surface area (Å²) in [6.45, 7) is 6.57. The molecule has 0 spiro atoms. The Morgan fingerprint density at radius 2 is 2.05 bits per heavy atom. The number of benzene rings is 1. The first-order valence-corrected chi connectivity index (χ1v) is 6.69. The molecule has 0 saturated heterocycles. The van der Waals surface area contributed by atoms with Crippen LogP contribution >= 0.6 is 0 Å². The van der Waals surface area contributed by atoms with Crippen LogP contribution in [-0.2, 0) is 0 Å². The van der Waals surface area contributed by atoms with Gasteiger partial charge in [0, 0.05) is 6.04 Å². The Morgan fingerprint density at radius 3 is 2.68 bits per heavy atom. The number of carbonyl (C=O) groups is 1. The molecule has 0 aliphatic carbocycles. The lowest BCUT2D eigenvalue weighted by Crippen LogP contribution is -2.05.